The Hall–Kier alpha value is -1.67. The van der Waals surface area contributed by atoms with Gasteiger partial charge in [-0.25, -0.2) is 0 Å². The molecule has 78 valence electrons. The Bertz CT molecular complexity index is 590. The minimum absolute atomic E-state index is 0.167. The summed E-state index contributed by atoms with van der Waals surface area (Å²) in [7, 11) is 0. The molecule has 2 aromatic rings. The van der Waals surface area contributed by atoms with Crippen LogP contribution in [0.15, 0.2) is 41.8 Å². The molecule has 1 aliphatic rings. The molecule has 1 nitrogen and oxygen atoms in total. The van der Waals surface area contributed by atoms with Gasteiger partial charge in [0.25, 0.3) is 0 Å². The number of fused-ring (bicyclic) bond motifs is 1. The van der Waals surface area contributed by atoms with Gasteiger partial charge in [-0.1, -0.05) is 30.3 Å². The minimum atomic E-state index is 0.167. The van der Waals surface area contributed by atoms with E-state index in [-0.39, 0.29) is 5.78 Å². The monoisotopic (exact) mass is 226 g/mol. The third-order valence-electron chi connectivity index (χ3n) is 2.91. The molecule has 2 heteroatoms. The number of hydrogen-bond donors (Lipinski definition) is 0. The Morgan fingerprint density at radius 1 is 1.06 bits per heavy atom. The molecule has 0 atom stereocenters. The molecule has 16 heavy (non-hydrogen) atoms. The fourth-order valence-corrected chi connectivity index (χ4v) is 3.06. The molecule has 0 aliphatic heterocycles. The van der Waals surface area contributed by atoms with Crippen LogP contribution in [0.3, 0.4) is 0 Å². The van der Waals surface area contributed by atoms with Gasteiger partial charge in [0.05, 0.1) is 0 Å². The van der Waals surface area contributed by atoms with Gasteiger partial charge in [0.1, 0.15) is 0 Å². The van der Waals surface area contributed by atoms with Gasteiger partial charge in [0.15, 0.2) is 5.78 Å². The normalized spacial score (nSPS) is 14.4. The van der Waals surface area contributed by atoms with Crippen LogP contribution in [-0.4, -0.2) is 5.78 Å². The number of Topliss-reactive ketones (excluding diaryl/α,β-unsaturated/α-hetero) is 1. The highest BCUT2D eigenvalue weighted by Crippen LogP contribution is 2.40. The van der Waals surface area contributed by atoms with Gasteiger partial charge in [0, 0.05) is 16.0 Å². The highest BCUT2D eigenvalue weighted by molar-refractivity contribution is 7.12. The smallest absolute Gasteiger partial charge is 0.195 e. The van der Waals surface area contributed by atoms with Crippen molar-refractivity contribution in [2.45, 2.75) is 6.92 Å². The van der Waals surface area contributed by atoms with Crippen LogP contribution in [0.5, 0.6) is 0 Å². The van der Waals surface area contributed by atoms with Crippen molar-refractivity contribution < 1.29 is 4.79 Å². The lowest BCUT2D eigenvalue weighted by atomic mass is 10.0. The Labute approximate surface area is 98.1 Å². The van der Waals surface area contributed by atoms with Crippen LogP contribution in [-0.2, 0) is 0 Å². The zero-order valence-corrected chi connectivity index (χ0v) is 9.67. The molecule has 0 radical (unpaired) electrons. The van der Waals surface area contributed by atoms with E-state index in [2.05, 4.69) is 0 Å². The second-order valence-corrected chi connectivity index (χ2v) is 4.77. The number of benzene rings is 1. The number of carbonyl (C=O) groups excluding carboxylic acids is 1. The van der Waals surface area contributed by atoms with Crippen LogP contribution >= 0.6 is 11.3 Å². The van der Waals surface area contributed by atoms with Crippen molar-refractivity contribution in [1.82, 2.24) is 0 Å². The highest BCUT2D eigenvalue weighted by Gasteiger charge is 2.28. The summed E-state index contributed by atoms with van der Waals surface area (Å²) in [6.45, 7) is 2.03. The molecular weight excluding hydrogens is 216 g/mol. The summed E-state index contributed by atoms with van der Waals surface area (Å²) in [5.74, 6) is 0.167. The molecule has 0 amide bonds. The largest absolute Gasteiger partial charge is 0.289 e. The number of rotatable bonds is 1. The lowest BCUT2D eigenvalue weighted by molar-refractivity contribution is 0.105. The summed E-state index contributed by atoms with van der Waals surface area (Å²) in [4.78, 5) is 13.3. The zero-order chi connectivity index (χ0) is 11.1. The molecule has 1 aromatic heterocycles. The number of hydrogen-bond acceptors (Lipinski definition) is 2. The lowest BCUT2D eigenvalue weighted by Crippen LogP contribution is -1.96. The molecule has 1 aromatic carbocycles. The van der Waals surface area contributed by atoms with Crippen molar-refractivity contribution in [1.29, 1.82) is 0 Å². The zero-order valence-electron chi connectivity index (χ0n) is 8.86. The molecule has 0 unspecified atom stereocenters. The highest BCUT2D eigenvalue weighted by atomic mass is 32.1. The van der Waals surface area contributed by atoms with Crippen molar-refractivity contribution in [2.75, 3.05) is 0 Å². The van der Waals surface area contributed by atoms with Gasteiger partial charge in [-0.2, -0.15) is 0 Å². The molecule has 0 saturated carbocycles. The van der Waals surface area contributed by atoms with Crippen LogP contribution in [0.2, 0.25) is 0 Å². The summed E-state index contributed by atoms with van der Waals surface area (Å²) in [5.41, 5.74) is 3.86. The van der Waals surface area contributed by atoms with E-state index in [4.69, 9.17) is 0 Å². The quantitative estimate of drug-likeness (QED) is 0.721. The maximum Gasteiger partial charge on any atom is 0.195 e. The van der Waals surface area contributed by atoms with E-state index in [1.807, 2.05) is 48.7 Å². The van der Waals surface area contributed by atoms with Crippen molar-refractivity contribution >= 4 is 28.3 Å². The first-order chi connectivity index (χ1) is 7.79. The van der Waals surface area contributed by atoms with Crippen LogP contribution in [0, 0.1) is 0 Å². The van der Waals surface area contributed by atoms with Crippen LogP contribution in [0.4, 0.5) is 0 Å². The number of allylic oxidation sites excluding steroid dienone is 2. The Kier molecular flexibility index (Phi) is 2.04. The van der Waals surface area contributed by atoms with Gasteiger partial charge in [0.2, 0.25) is 0 Å². The Morgan fingerprint density at radius 3 is 2.50 bits per heavy atom. The topological polar surface area (TPSA) is 17.1 Å². The predicted octanol–water partition coefficient (Wildman–Crippen LogP) is 3.88. The number of thiophene rings is 1. The van der Waals surface area contributed by atoms with E-state index in [0.29, 0.717) is 0 Å². The van der Waals surface area contributed by atoms with Gasteiger partial charge in [-0.3, -0.25) is 4.79 Å². The molecule has 0 N–H and O–H groups in total. The molecule has 0 saturated heterocycles. The predicted molar refractivity (Wildman–Crippen MR) is 67.6 cm³/mol. The molecule has 1 aliphatic carbocycles. The number of ketones is 1. The summed E-state index contributed by atoms with van der Waals surface area (Å²) < 4.78 is 0. The van der Waals surface area contributed by atoms with Crippen molar-refractivity contribution in [3.8, 4) is 0 Å². The Balaban J connectivity index is 2.22. The second-order valence-electron chi connectivity index (χ2n) is 3.86. The second kappa shape index (κ2) is 3.42. The summed E-state index contributed by atoms with van der Waals surface area (Å²) >= 11 is 1.64. The lowest BCUT2D eigenvalue weighted by Gasteiger charge is -2.02. The Morgan fingerprint density at radius 2 is 1.81 bits per heavy atom. The van der Waals surface area contributed by atoms with Gasteiger partial charge >= 0.3 is 0 Å². The van der Waals surface area contributed by atoms with Crippen LogP contribution < -0.4 is 0 Å². The maximum atomic E-state index is 12.2. The summed E-state index contributed by atoms with van der Waals surface area (Å²) in [6.07, 6.45) is 0. The van der Waals surface area contributed by atoms with Crippen LogP contribution in [0.25, 0.3) is 11.1 Å². The van der Waals surface area contributed by atoms with Crippen molar-refractivity contribution in [3.05, 3.63) is 57.8 Å². The van der Waals surface area contributed by atoms with E-state index in [1.54, 1.807) is 11.3 Å². The summed E-state index contributed by atoms with van der Waals surface area (Å²) in [5, 5.41) is 1.98. The van der Waals surface area contributed by atoms with Crippen molar-refractivity contribution in [2.24, 2.45) is 0 Å². The standard InChI is InChI=1S/C14H10OS/c1-9-12(10-5-3-2-4-6-10)13(15)11-7-8-16-14(9)11/h2-8H,1H3. The van der Waals surface area contributed by atoms with E-state index in [1.165, 1.54) is 0 Å². The van der Waals surface area contributed by atoms with E-state index >= 15 is 0 Å². The third kappa shape index (κ3) is 1.20. The maximum absolute atomic E-state index is 12.2. The summed E-state index contributed by atoms with van der Waals surface area (Å²) in [6, 6.07) is 11.8. The van der Waals surface area contributed by atoms with Gasteiger partial charge in [-0.05, 0) is 29.5 Å². The molecule has 3 rings (SSSR count). The van der Waals surface area contributed by atoms with E-state index in [0.717, 1.165) is 27.2 Å². The molecule has 0 fully saturated rings. The molecule has 1 heterocycles. The van der Waals surface area contributed by atoms with Crippen LogP contribution in [0.1, 0.15) is 27.7 Å². The average Bonchev–Trinajstić information content (AvgIpc) is 2.86. The molecular formula is C14H10OS. The number of carbonyl (C=O) groups is 1. The van der Waals surface area contributed by atoms with E-state index in [9.17, 15) is 4.79 Å². The minimum Gasteiger partial charge on any atom is -0.289 e. The van der Waals surface area contributed by atoms with E-state index < -0.39 is 0 Å². The first kappa shape index (κ1) is 9.55. The fraction of sp³-hybridized carbons (Fsp3) is 0.0714. The SMILES string of the molecule is CC1=C(c2ccccc2)C(=O)c2ccsc21. The molecule has 0 bridgehead atoms. The van der Waals surface area contributed by atoms with Gasteiger partial charge in [-0.15, -0.1) is 11.3 Å². The first-order valence-corrected chi connectivity index (χ1v) is 6.06. The fourth-order valence-electron chi connectivity index (χ4n) is 2.15. The first-order valence-electron chi connectivity index (χ1n) is 5.18. The molecule has 0 spiro atoms. The van der Waals surface area contributed by atoms with Crippen molar-refractivity contribution in [3.63, 3.8) is 0 Å². The third-order valence-corrected chi connectivity index (χ3v) is 3.95. The van der Waals surface area contributed by atoms with Gasteiger partial charge < -0.3 is 0 Å². The average molecular weight is 226 g/mol.